The van der Waals surface area contributed by atoms with Crippen molar-refractivity contribution in [3.8, 4) is 11.5 Å². The van der Waals surface area contributed by atoms with Crippen LogP contribution in [0, 0.1) is 5.82 Å². The molecule has 0 atom stereocenters. The number of amides is 1. The molecule has 3 aliphatic rings. The van der Waals surface area contributed by atoms with Gasteiger partial charge < -0.3 is 23.8 Å². The fraction of sp³-hybridized carbons (Fsp3) is 0.333. The molecule has 0 aromatic heterocycles. The number of ether oxygens (including phenoxy) is 4. The van der Waals surface area contributed by atoms with Crippen molar-refractivity contribution in [2.45, 2.75) is 18.6 Å². The highest BCUT2D eigenvalue weighted by Gasteiger charge is 2.40. The van der Waals surface area contributed by atoms with E-state index in [0.717, 1.165) is 0 Å². The molecule has 1 amide bonds. The molecule has 0 unspecified atom stereocenters. The van der Waals surface area contributed by atoms with Crippen LogP contribution < -0.4 is 9.47 Å². The van der Waals surface area contributed by atoms with Gasteiger partial charge in [-0.15, -0.1) is 0 Å². The number of fused-ring (bicyclic) bond motifs is 1. The Morgan fingerprint density at radius 1 is 1.18 bits per heavy atom. The van der Waals surface area contributed by atoms with Crippen molar-refractivity contribution in [2.75, 3.05) is 32.9 Å². The van der Waals surface area contributed by atoms with Gasteiger partial charge in [-0.3, -0.25) is 9.59 Å². The molecule has 0 saturated carbocycles. The lowest BCUT2D eigenvalue weighted by atomic mass is 10.0. The molecule has 0 radical (unpaired) electrons. The molecule has 3 heterocycles. The Bertz CT molecular complexity index is 1110. The number of hydrogen-bond donors (Lipinski definition) is 0. The Morgan fingerprint density at radius 2 is 1.94 bits per heavy atom. The minimum atomic E-state index is -0.556. The van der Waals surface area contributed by atoms with Crippen molar-refractivity contribution in [1.29, 1.82) is 0 Å². The number of benzene rings is 2. The number of rotatable bonds is 4. The average Bonchev–Trinajstić information content (AvgIpc) is 3.39. The number of piperidine rings is 1. The number of hydrogen-bond acceptors (Lipinski definition) is 6. The topological polar surface area (TPSA) is 74.3 Å². The van der Waals surface area contributed by atoms with Crippen molar-refractivity contribution in [3.05, 3.63) is 64.1 Å². The molecule has 2 fully saturated rings. The molecule has 1 spiro atoms. The van der Waals surface area contributed by atoms with Gasteiger partial charge in [-0.25, -0.2) is 4.39 Å². The standard InChI is InChI=1S/C24H21ClFNO6/c25-18-2-1-3-19(26)17(18)13-21-23(29)16-5-4-15(12-20(16)33-21)30-14-22(28)27-8-6-24(7-9-27)31-10-11-32-24/h1-5,12-13H,6-11,14H2. The first-order valence-electron chi connectivity index (χ1n) is 10.6. The number of carbonyl (C=O) groups excluding carboxylic acids is 2. The van der Waals surface area contributed by atoms with Crippen LogP contribution in [0.2, 0.25) is 5.02 Å². The van der Waals surface area contributed by atoms with Crippen LogP contribution in [0.3, 0.4) is 0 Å². The lowest BCUT2D eigenvalue weighted by Gasteiger charge is -2.37. The fourth-order valence-electron chi connectivity index (χ4n) is 4.16. The third-order valence-corrected chi connectivity index (χ3v) is 6.30. The Balaban J connectivity index is 1.22. The predicted octanol–water partition coefficient (Wildman–Crippen LogP) is 3.84. The van der Waals surface area contributed by atoms with Crippen LogP contribution in [0.1, 0.15) is 28.8 Å². The molecule has 172 valence electrons. The van der Waals surface area contributed by atoms with Gasteiger partial charge in [0.2, 0.25) is 5.78 Å². The highest BCUT2D eigenvalue weighted by atomic mass is 35.5. The van der Waals surface area contributed by atoms with E-state index in [9.17, 15) is 14.0 Å². The van der Waals surface area contributed by atoms with Gasteiger partial charge in [0, 0.05) is 37.6 Å². The number of ketones is 1. The molecule has 2 aromatic carbocycles. The zero-order chi connectivity index (χ0) is 23.0. The van der Waals surface area contributed by atoms with Gasteiger partial charge in [0.1, 0.15) is 17.3 Å². The van der Waals surface area contributed by atoms with E-state index in [4.69, 9.17) is 30.5 Å². The van der Waals surface area contributed by atoms with Crippen LogP contribution in [0.4, 0.5) is 4.39 Å². The van der Waals surface area contributed by atoms with E-state index in [2.05, 4.69) is 0 Å². The molecule has 7 nitrogen and oxygen atoms in total. The maximum absolute atomic E-state index is 14.1. The Labute approximate surface area is 194 Å². The van der Waals surface area contributed by atoms with Crippen LogP contribution in [-0.4, -0.2) is 55.3 Å². The number of nitrogens with zero attached hydrogens (tertiary/aromatic N) is 1. The summed E-state index contributed by atoms with van der Waals surface area (Å²) in [4.78, 5) is 26.9. The summed E-state index contributed by atoms with van der Waals surface area (Å²) in [5.74, 6) is -1.00. The smallest absolute Gasteiger partial charge is 0.260 e. The van der Waals surface area contributed by atoms with E-state index in [-0.39, 0.29) is 40.4 Å². The SMILES string of the molecule is O=C1C(=Cc2c(F)cccc2Cl)Oc2cc(OCC(=O)N3CCC4(CC3)OCCO4)ccc21. The summed E-state index contributed by atoms with van der Waals surface area (Å²) in [7, 11) is 0. The number of halogens is 2. The number of Topliss-reactive ketones (excluding diaryl/α,β-unsaturated/α-hetero) is 1. The first-order valence-corrected chi connectivity index (χ1v) is 11.0. The van der Waals surface area contributed by atoms with Crippen molar-refractivity contribution in [3.63, 3.8) is 0 Å². The average molecular weight is 474 g/mol. The third kappa shape index (κ3) is 4.34. The minimum absolute atomic E-state index is 0.0381. The molecule has 9 heteroatoms. The molecule has 0 bridgehead atoms. The Morgan fingerprint density at radius 3 is 2.67 bits per heavy atom. The normalized spacial score (nSPS) is 20.2. The zero-order valence-corrected chi connectivity index (χ0v) is 18.4. The molecule has 2 aromatic rings. The molecule has 0 aliphatic carbocycles. The first kappa shape index (κ1) is 21.9. The molecular formula is C24H21ClFNO6. The number of likely N-dealkylation sites (tertiary alicyclic amines) is 1. The fourth-order valence-corrected chi connectivity index (χ4v) is 4.37. The first-order chi connectivity index (χ1) is 15.9. The lowest BCUT2D eigenvalue weighted by molar-refractivity contribution is -0.187. The van der Waals surface area contributed by atoms with Gasteiger partial charge in [-0.05, 0) is 30.3 Å². The quantitative estimate of drug-likeness (QED) is 0.628. The van der Waals surface area contributed by atoms with E-state index in [1.165, 1.54) is 30.3 Å². The number of allylic oxidation sites excluding steroid dienone is 1. The molecule has 3 aliphatic heterocycles. The second-order valence-electron chi connectivity index (χ2n) is 8.01. The van der Waals surface area contributed by atoms with Gasteiger partial charge >= 0.3 is 0 Å². The monoisotopic (exact) mass is 473 g/mol. The van der Waals surface area contributed by atoms with E-state index < -0.39 is 11.6 Å². The van der Waals surface area contributed by atoms with Crippen molar-refractivity contribution in [2.24, 2.45) is 0 Å². The van der Waals surface area contributed by atoms with Crippen LogP contribution in [0.5, 0.6) is 11.5 Å². The largest absolute Gasteiger partial charge is 0.484 e. The molecule has 5 rings (SSSR count). The van der Waals surface area contributed by atoms with Crippen molar-refractivity contribution < 1.29 is 32.9 Å². The van der Waals surface area contributed by atoms with E-state index in [1.54, 1.807) is 17.0 Å². The lowest BCUT2D eigenvalue weighted by Crippen LogP contribution is -2.48. The Hall–Kier alpha value is -2.94. The molecule has 2 saturated heterocycles. The summed E-state index contributed by atoms with van der Waals surface area (Å²) in [6.07, 6.45) is 2.55. The summed E-state index contributed by atoms with van der Waals surface area (Å²) in [5, 5.41) is 0.173. The summed E-state index contributed by atoms with van der Waals surface area (Å²) in [5.41, 5.74) is 0.402. The second-order valence-corrected chi connectivity index (χ2v) is 8.42. The maximum atomic E-state index is 14.1. The van der Waals surface area contributed by atoms with Crippen LogP contribution in [0.25, 0.3) is 6.08 Å². The summed E-state index contributed by atoms with van der Waals surface area (Å²) in [6, 6.07) is 8.95. The minimum Gasteiger partial charge on any atom is -0.484 e. The van der Waals surface area contributed by atoms with E-state index in [1.807, 2.05) is 0 Å². The molecule has 33 heavy (non-hydrogen) atoms. The van der Waals surface area contributed by atoms with Crippen molar-refractivity contribution >= 4 is 29.4 Å². The van der Waals surface area contributed by atoms with E-state index in [0.29, 0.717) is 50.5 Å². The zero-order valence-electron chi connectivity index (χ0n) is 17.6. The Kier molecular flexibility index (Phi) is 5.82. The van der Waals surface area contributed by atoms with Gasteiger partial charge in [0.25, 0.3) is 5.91 Å². The third-order valence-electron chi connectivity index (χ3n) is 5.97. The van der Waals surface area contributed by atoms with Crippen molar-refractivity contribution in [1.82, 2.24) is 4.90 Å². The van der Waals surface area contributed by atoms with Gasteiger partial charge in [-0.2, -0.15) is 0 Å². The highest BCUT2D eigenvalue weighted by molar-refractivity contribution is 6.32. The van der Waals surface area contributed by atoms with E-state index >= 15 is 0 Å². The number of carbonyl (C=O) groups is 2. The summed E-state index contributed by atoms with van der Waals surface area (Å²) >= 11 is 6.04. The second kappa shape index (κ2) is 8.78. The summed E-state index contributed by atoms with van der Waals surface area (Å²) < 4.78 is 36.7. The molecule has 0 N–H and O–H groups in total. The highest BCUT2D eigenvalue weighted by Crippen LogP contribution is 2.36. The summed E-state index contributed by atoms with van der Waals surface area (Å²) in [6.45, 7) is 2.11. The van der Waals surface area contributed by atoms with Crippen LogP contribution >= 0.6 is 11.6 Å². The maximum Gasteiger partial charge on any atom is 0.260 e. The van der Waals surface area contributed by atoms with Gasteiger partial charge in [-0.1, -0.05) is 17.7 Å². The van der Waals surface area contributed by atoms with Crippen LogP contribution in [0.15, 0.2) is 42.2 Å². The van der Waals surface area contributed by atoms with Crippen LogP contribution in [-0.2, 0) is 14.3 Å². The predicted molar refractivity (Wildman–Crippen MR) is 117 cm³/mol. The van der Waals surface area contributed by atoms with Gasteiger partial charge in [0.05, 0.1) is 23.8 Å². The van der Waals surface area contributed by atoms with Gasteiger partial charge in [0.15, 0.2) is 18.2 Å². The molecular weight excluding hydrogens is 453 g/mol.